The summed E-state index contributed by atoms with van der Waals surface area (Å²) in [7, 11) is 0. The minimum absolute atomic E-state index is 0.135. The van der Waals surface area contributed by atoms with Crippen LogP contribution in [0.15, 0.2) is 89.7 Å². The number of fused-ring (bicyclic) bond motifs is 3. The number of furan rings is 1. The van der Waals surface area contributed by atoms with Crippen LogP contribution in [0.1, 0.15) is 41.7 Å². The largest absolute Gasteiger partial charge is 0.459 e. The third-order valence-electron chi connectivity index (χ3n) is 6.10. The van der Waals surface area contributed by atoms with Gasteiger partial charge in [-0.15, -0.1) is 0 Å². The lowest BCUT2D eigenvalue weighted by molar-refractivity contribution is -0.120. The highest BCUT2D eigenvalue weighted by Crippen LogP contribution is 2.42. The van der Waals surface area contributed by atoms with Gasteiger partial charge in [0, 0.05) is 12.2 Å². The van der Waals surface area contributed by atoms with E-state index in [2.05, 4.69) is 0 Å². The lowest BCUT2D eigenvalue weighted by Gasteiger charge is -2.40. The average molecular weight is 458 g/mol. The molecule has 1 unspecified atom stereocenters. The standard InChI is InChI=1S/C27H24FN3O3/c1-18(2)30(27(33)24-10-6-16-34-24)17-25(32)31-22-8-4-3-7-21(22)29-15-5-9-23(29)26(31)19-11-13-20(28)14-12-19/h3-16,18,26H,17H2,1-2H3. The van der Waals surface area contributed by atoms with Crippen LogP contribution in [0.4, 0.5) is 10.1 Å². The molecule has 5 rings (SSSR count). The van der Waals surface area contributed by atoms with Gasteiger partial charge < -0.3 is 13.9 Å². The van der Waals surface area contributed by atoms with Gasteiger partial charge in [0.2, 0.25) is 5.91 Å². The summed E-state index contributed by atoms with van der Waals surface area (Å²) in [5, 5.41) is 0. The summed E-state index contributed by atoms with van der Waals surface area (Å²) in [4.78, 5) is 30.2. The molecule has 0 aliphatic carbocycles. The predicted octanol–water partition coefficient (Wildman–Crippen LogP) is 5.20. The van der Waals surface area contributed by atoms with Crippen LogP contribution >= 0.6 is 0 Å². The summed E-state index contributed by atoms with van der Waals surface area (Å²) in [6, 6.07) is 20.2. The molecule has 0 saturated carbocycles. The number of anilines is 1. The number of carbonyl (C=O) groups excluding carboxylic acids is 2. The van der Waals surface area contributed by atoms with E-state index in [1.54, 1.807) is 29.2 Å². The molecule has 2 amide bonds. The molecule has 172 valence electrons. The smallest absolute Gasteiger partial charge is 0.290 e. The Morgan fingerprint density at radius 3 is 2.38 bits per heavy atom. The van der Waals surface area contributed by atoms with Crippen LogP contribution in [0.5, 0.6) is 0 Å². The van der Waals surface area contributed by atoms with Crippen molar-refractivity contribution in [3.05, 3.63) is 108 Å². The first kappa shape index (κ1) is 21.7. The number of nitrogens with zero attached hydrogens (tertiary/aromatic N) is 3. The third kappa shape index (κ3) is 3.69. The molecule has 4 aromatic rings. The van der Waals surface area contributed by atoms with Crippen LogP contribution in [0, 0.1) is 5.82 Å². The van der Waals surface area contributed by atoms with Crippen LogP contribution in [-0.2, 0) is 4.79 Å². The van der Waals surface area contributed by atoms with E-state index in [1.807, 2.05) is 61.0 Å². The Morgan fingerprint density at radius 1 is 0.971 bits per heavy atom. The van der Waals surface area contributed by atoms with Crippen molar-refractivity contribution in [1.29, 1.82) is 0 Å². The second kappa shape index (κ2) is 8.67. The van der Waals surface area contributed by atoms with E-state index in [1.165, 1.54) is 23.3 Å². The van der Waals surface area contributed by atoms with Crippen molar-refractivity contribution in [2.45, 2.75) is 25.9 Å². The first-order valence-corrected chi connectivity index (χ1v) is 11.1. The zero-order valence-electron chi connectivity index (χ0n) is 18.9. The Morgan fingerprint density at radius 2 is 1.71 bits per heavy atom. The van der Waals surface area contributed by atoms with Gasteiger partial charge in [-0.25, -0.2) is 4.39 Å². The molecular formula is C27H24FN3O3. The zero-order chi connectivity index (χ0) is 23.8. The maximum absolute atomic E-state index is 14.0. The van der Waals surface area contributed by atoms with Crippen molar-refractivity contribution in [3.63, 3.8) is 0 Å². The summed E-state index contributed by atoms with van der Waals surface area (Å²) in [5.74, 6) is -0.754. The molecule has 34 heavy (non-hydrogen) atoms. The Balaban J connectivity index is 1.59. The molecule has 0 saturated heterocycles. The average Bonchev–Trinajstić information content (AvgIpc) is 3.54. The van der Waals surface area contributed by atoms with Gasteiger partial charge in [-0.05, 0) is 67.9 Å². The molecule has 0 radical (unpaired) electrons. The van der Waals surface area contributed by atoms with Crippen LogP contribution in [-0.4, -0.2) is 33.9 Å². The third-order valence-corrected chi connectivity index (χ3v) is 6.10. The van der Waals surface area contributed by atoms with Gasteiger partial charge in [0.1, 0.15) is 18.4 Å². The summed E-state index contributed by atoms with van der Waals surface area (Å²) >= 11 is 0. The van der Waals surface area contributed by atoms with Crippen molar-refractivity contribution in [2.24, 2.45) is 0 Å². The maximum atomic E-state index is 14.0. The van der Waals surface area contributed by atoms with E-state index in [-0.39, 0.29) is 36.0 Å². The van der Waals surface area contributed by atoms with Crippen LogP contribution in [0.25, 0.3) is 5.69 Å². The second-order valence-corrected chi connectivity index (χ2v) is 8.51. The minimum Gasteiger partial charge on any atom is -0.459 e. The molecule has 0 fully saturated rings. The van der Waals surface area contributed by atoms with Gasteiger partial charge in [-0.2, -0.15) is 0 Å². The van der Waals surface area contributed by atoms with Gasteiger partial charge in [0.05, 0.1) is 23.3 Å². The summed E-state index contributed by atoms with van der Waals surface area (Å²) in [6.45, 7) is 3.59. The quantitative estimate of drug-likeness (QED) is 0.414. The fraction of sp³-hybridized carbons (Fsp3) is 0.185. The summed E-state index contributed by atoms with van der Waals surface area (Å²) < 4.78 is 21.1. The molecule has 0 bridgehead atoms. The van der Waals surface area contributed by atoms with Crippen molar-refractivity contribution in [1.82, 2.24) is 9.47 Å². The predicted molar refractivity (Wildman–Crippen MR) is 126 cm³/mol. The Bertz CT molecular complexity index is 1330. The van der Waals surface area contributed by atoms with Gasteiger partial charge in [0.15, 0.2) is 5.76 Å². The SMILES string of the molecule is CC(C)N(CC(=O)N1c2ccccc2-n2cccc2C1c1ccc(F)cc1)C(=O)c1ccco1. The summed E-state index contributed by atoms with van der Waals surface area (Å²) in [5.41, 5.74) is 3.24. The number of halogens is 1. The Hall–Kier alpha value is -4.13. The van der Waals surface area contributed by atoms with Gasteiger partial charge >= 0.3 is 0 Å². The molecule has 0 spiro atoms. The highest BCUT2D eigenvalue weighted by Gasteiger charge is 2.37. The fourth-order valence-corrected chi connectivity index (χ4v) is 4.48. The van der Waals surface area contributed by atoms with Crippen LogP contribution in [0.3, 0.4) is 0 Å². The van der Waals surface area contributed by atoms with E-state index in [4.69, 9.17) is 4.42 Å². The van der Waals surface area contributed by atoms with E-state index in [0.29, 0.717) is 0 Å². The van der Waals surface area contributed by atoms with E-state index >= 15 is 0 Å². The maximum Gasteiger partial charge on any atom is 0.290 e. The van der Waals surface area contributed by atoms with Crippen molar-refractivity contribution >= 4 is 17.5 Å². The van der Waals surface area contributed by atoms with Crippen molar-refractivity contribution in [2.75, 3.05) is 11.4 Å². The molecule has 3 heterocycles. The zero-order valence-corrected chi connectivity index (χ0v) is 18.9. The highest BCUT2D eigenvalue weighted by atomic mass is 19.1. The first-order valence-electron chi connectivity index (χ1n) is 11.1. The number of rotatable bonds is 5. The van der Waals surface area contributed by atoms with Gasteiger partial charge in [0.25, 0.3) is 5.91 Å². The van der Waals surface area contributed by atoms with E-state index < -0.39 is 6.04 Å². The lowest BCUT2D eigenvalue weighted by Crippen LogP contribution is -2.48. The molecule has 2 aromatic heterocycles. The highest BCUT2D eigenvalue weighted by molar-refractivity contribution is 6.02. The molecule has 1 aliphatic heterocycles. The molecule has 6 nitrogen and oxygen atoms in total. The van der Waals surface area contributed by atoms with Crippen molar-refractivity contribution in [3.8, 4) is 5.69 Å². The second-order valence-electron chi connectivity index (χ2n) is 8.51. The molecular weight excluding hydrogens is 433 g/mol. The molecule has 2 aromatic carbocycles. The minimum atomic E-state index is -0.481. The fourth-order valence-electron chi connectivity index (χ4n) is 4.48. The monoisotopic (exact) mass is 457 g/mol. The number of hydrogen-bond acceptors (Lipinski definition) is 3. The number of carbonyl (C=O) groups is 2. The summed E-state index contributed by atoms with van der Waals surface area (Å²) in [6.07, 6.45) is 3.39. The van der Waals surface area contributed by atoms with Gasteiger partial charge in [-0.3, -0.25) is 14.5 Å². The number of aromatic nitrogens is 1. The van der Waals surface area contributed by atoms with E-state index in [9.17, 15) is 14.0 Å². The lowest BCUT2D eigenvalue weighted by atomic mass is 9.97. The van der Waals surface area contributed by atoms with Gasteiger partial charge in [-0.1, -0.05) is 24.3 Å². The molecule has 1 atom stereocenters. The van der Waals surface area contributed by atoms with Crippen molar-refractivity contribution < 1.29 is 18.4 Å². The molecule has 1 aliphatic rings. The van der Waals surface area contributed by atoms with Crippen LogP contribution in [0.2, 0.25) is 0 Å². The number of benzene rings is 2. The number of hydrogen-bond donors (Lipinski definition) is 0. The topological polar surface area (TPSA) is 58.7 Å². The van der Waals surface area contributed by atoms with Crippen LogP contribution < -0.4 is 4.90 Å². The van der Waals surface area contributed by atoms with E-state index in [0.717, 1.165) is 22.6 Å². The first-order chi connectivity index (χ1) is 16.5. The normalized spacial score (nSPS) is 14.6. The number of para-hydroxylation sites is 2. The Labute approximate surface area is 196 Å². The Kier molecular flexibility index (Phi) is 5.53. The number of amides is 2. The molecule has 0 N–H and O–H groups in total. The molecule has 7 heteroatoms.